The molecule has 1 rings (SSSR count). The molecule has 1 heterocycles. The first-order valence-electron chi connectivity index (χ1n) is 6.48. The number of carboxylic acids is 1. The molecule has 0 fully saturated rings. The van der Waals surface area contributed by atoms with Crippen LogP contribution >= 0.6 is 0 Å². The Kier molecular flexibility index (Phi) is 4.88. The second-order valence-electron chi connectivity index (χ2n) is 5.03. The van der Waals surface area contributed by atoms with Crippen LogP contribution in [0.3, 0.4) is 0 Å². The van der Waals surface area contributed by atoms with Gasteiger partial charge in [0.25, 0.3) is 5.91 Å². The van der Waals surface area contributed by atoms with Gasteiger partial charge in [0.2, 0.25) is 0 Å². The van der Waals surface area contributed by atoms with E-state index >= 15 is 0 Å². The first-order valence-corrected chi connectivity index (χ1v) is 6.48. The Bertz CT molecular complexity index is 520. The van der Waals surface area contributed by atoms with E-state index in [0.29, 0.717) is 17.8 Å². The van der Waals surface area contributed by atoms with Crippen molar-refractivity contribution in [2.75, 3.05) is 6.54 Å². The molecule has 1 aromatic rings. The van der Waals surface area contributed by atoms with E-state index in [4.69, 9.17) is 5.11 Å². The average Bonchev–Trinajstić information content (AvgIpc) is 2.62. The summed E-state index contributed by atoms with van der Waals surface area (Å²) in [6.45, 7) is 7.02. The number of aliphatic hydroxyl groups is 1. The third kappa shape index (κ3) is 3.36. The van der Waals surface area contributed by atoms with Gasteiger partial charge in [-0.25, -0.2) is 4.79 Å². The Morgan fingerprint density at radius 3 is 2.50 bits per heavy atom. The summed E-state index contributed by atoms with van der Waals surface area (Å²) in [5.41, 5.74) is -0.239. The van der Waals surface area contributed by atoms with Crippen molar-refractivity contribution in [2.45, 2.75) is 46.3 Å². The molecule has 1 aromatic heterocycles. The maximum atomic E-state index is 12.1. The third-order valence-corrected chi connectivity index (χ3v) is 3.10. The summed E-state index contributed by atoms with van der Waals surface area (Å²) in [6.07, 6.45) is 0.900. The number of hydrogen-bond donors (Lipinski definition) is 3. The van der Waals surface area contributed by atoms with Gasteiger partial charge in [-0.1, -0.05) is 6.92 Å². The molecule has 1 amide bonds. The minimum Gasteiger partial charge on any atom is -0.479 e. The fraction of sp³-hybridized carbons (Fsp3) is 0.615. The molecule has 1 unspecified atom stereocenters. The van der Waals surface area contributed by atoms with E-state index in [1.54, 1.807) is 18.5 Å². The summed E-state index contributed by atoms with van der Waals surface area (Å²) in [4.78, 5) is 22.9. The molecule has 0 aliphatic rings. The predicted molar refractivity (Wildman–Crippen MR) is 72.6 cm³/mol. The van der Waals surface area contributed by atoms with Crippen molar-refractivity contribution in [3.8, 4) is 0 Å². The minimum atomic E-state index is -1.99. The van der Waals surface area contributed by atoms with E-state index in [2.05, 4.69) is 10.4 Å². The molecular formula is C13H21N3O4. The first-order chi connectivity index (χ1) is 9.20. The molecule has 0 radical (unpaired) electrons. The van der Waals surface area contributed by atoms with Crippen molar-refractivity contribution in [3.63, 3.8) is 0 Å². The first kappa shape index (κ1) is 16.2. The zero-order chi connectivity index (χ0) is 15.5. The summed E-state index contributed by atoms with van der Waals surface area (Å²) < 4.78 is 1.75. The lowest BCUT2D eigenvalue weighted by molar-refractivity contribution is -0.155. The second-order valence-corrected chi connectivity index (χ2v) is 5.03. The minimum absolute atomic E-state index is 0.362. The second kappa shape index (κ2) is 6.04. The summed E-state index contributed by atoms with van der Waals surface area (Å²) in [7, 11) is 0. The fourth-order valence-corrected chi connectivity index (χ4v) is 1.87. The molecule has 1 atom stereocenters. The molecule has 0 saturated heterocycles. The van der Waals surface area contributed by atoms with Crippen molar-refractivity contribution in [2.24, 2.45) is 0 Å². The van der Waals surface area contributed by atoms with Gasteiger partial charge in [-0.2, -0.15) is 5.10 Å². The topological polar surface area (TPSA) is 104 Å². The molecular weight excluding hydrogens is 262 g/mol. The van der Waals surface area contributed by atoms with Gasteiger partial charge in [-0.3, -0.25) is 9.48 Å². The quantitative estimate of drug-likeness (QED) is 0.704. The number of amides is 1. The van der Waals surface area contributed by atoms with E-state index in [1.165, 1.54) is 0 Å². The Morgan fingerprint density at radius 1 is 1.40 bits per heavy atom. The van der Waals surface area contributed by atoms with Crippen LogP contribution < -0.4 is 5.32 Å². The number of carbonyl (C=O) groups is 2. The number of hydrogen-bond acceptors (Lipinski definition) is 4. The van der Waals surface area contributed by atoms with Gasteiger partial charge in [0, 0.05) is 12.2 Å². The highest BCUT2D eigenvalue weighted by molar-refractivity contribution is 5.96. The largest absolute Gasteiger partial charge is 0.479 e. The maximum absolute atomic E-state index is 12.1. The van der Waals surface area contributed by atoms with Gasteiger partial charge >= 0.3 is 5.97 Å². The number of nitrogens with one attached hydrogen (secondary N) is 1. The Hall–Kier alpha value is -1.89. The van der Waals surface area contributed by atoms with Crippen LogP contribution in [-0.2, 0) is 11.3 Å². The lowest BCUT2D eigenvalue weighted by atomic mass is 10.1. The molecule has 0 aliphatic carbocycles. The van der Waals surface area contributed by atoms with Crippen molar-refractivity contribution < 1.29 is 19.8 Å². The number of carbonyl (C=O) groups excluding carboxylic acids is 1. The number of aryl methyl sites for hydroxylation is 2. The standard InChI is InChI=1S/C13H21N3O4/c1-5-6-16-9(3)10(8(2)15-16)11(17)14-7-13(4,20)12(18)19/h20H,5-7H2,1-4H3,(H,14,17)(H,18,19). The zero-order valence-electron chi connectivity index (χ0n) is 12.2. The van der Waals surface area contributed by atoms with E-state index < -0.39 is 17.5 Å². The lowest BCUT2D eigenvalue weighted by Gasteiger charge is -2.18. The SMILES string of the molecule is CCCn1nc(C)c(C(=O)NCC(C)(O)C(=O)O)c1C. The van der Waals surface area contributed by atoms with Crippen LogP contribution in [0.1, 0.15) is 42.0 Å². The van der Waals surface area contributed by atoms with Crippen LogP contribution in [0.25, 0.3) is 0 Å². The van der Waals surface area contributed by atoms with Crippen molar-refractivity contribution in [1.29, 1.82) is 0 Å². The summed E-state index contributed by atoms with van der Waals surface area (Å²) >= 11 is 0. The average molecular weight is 283 g/mol. The van der Waals surface area contributed by atoms with Gasteiger partial charge < -0.3 is 15.5 Å². The lowest BCUT2D eigenvalue weighted by Crippen LogP contribution is -2.46. The van der Waals surface area contributed by atoms with Crippen LogP contribution in [0.4, 0.5) is 0 Å². The van der Waals surface area contributed by atoms with Crippen LogP contribution in [0.15, 0.2) is 0 Å². The van der Waals surface area contributed by atoms with E-state index in [1.807, 2.05) is 6.92 Å². The number of nitrogens with zero attached hydrogens (tertiary/aromatic N) is 2. The predicted octanol–water partition coefficient (Wildman–Crippen LogP) is 0.475. The van der Waals surface area contributed by atoms with Crippen LogP contribution in [0.2, 0.25) is 0 Å². The van der Waals surface area contributed by atoms with Gasteiger partial charge in [0.15, 0.2) is 5.60 Å². The molecule has 3 N–H and O–H groups in total. The van der Waals surface area contributed by atoms with E-state index in [-0.39, 0.29) is 6.54 Å². The summed E-state index contributed by atoms with van der Waals surface area (Å²) in [5, 5.41) is 25.1. The summed E-state index contributed by atoms with van der Waals surface area (Å²) in [5.74, 6) is -1.81. The number of aliphatic carboxylic acids is 1. The third-order valence-electron chi connectivity index (χ3n) is 3.10. The van der Waals surface area contributed by atoms with Crippen LogP contribution in [0.5, 0.6) is 0 Å². The smallest absolute Gasteiger partial charge is 0.337 e. The van der Waals surface area contributed by atoms with Gasteiger partial charge in [-0.05, 0) is 27.2 Å². The van der Waals surface area contributed by atoms with Crippen LogP contribution in [0, 0.1) is 13.8 Å². The Morgan fingerprint density at radius 2 is 2.00 bits per heavy atom. The highest BCUT2D eigenvalue weighted by Crippen LogP contribution is 2.13. The number of rotatable bonds is 6. The molecule has 7 heteroatoms. The molecule has 20 heavy (non-hydrogen) atoms. The zero-order valence-corrected chi connectivity index (χ0v) is 12.2. The monoisotopic (exact) mass is 283 g/mol. The highest BCUT2D eigenvalue weighted by Gasteiger charge is 2.31. The van der Waals surface area contributed by atoms with E-state index in [0.717, 1.165) is 19.0 Å². The molecule has 112 valence electrons. The summed E-state index contributed by atoms with van der Waals surface area (Å²) in [6, 6.07) is 0. The molecule has 0 aliphatic heterocycles. The van der Waals surface area contributed by atoms with Crippen LogP contribution in [-0.4, -0.2) is 44.0 Å². The molecule has 7 nitrogen and oxygen atoms in total. The molecule has 0 aromatic carbocycles. The number of aromatic nitrogens is 2. The number of carboxylic acid groups (broad SMARTS) is 1. The van der Waals surface area contributed by atoms with Crippen molar-refractivity contribution in [3.05, 3.63) is 17.0 Å². The molecule has 0 bridgehead atoms. The van der Waals surface area contributed by atoms with Gasteiger partial charge in [-0.15, -0.1) is 0 Å². The highest BCUT2D eigenvalue weighted by atomic mass is 16.4. The van der Waals surface area contributed by atoms with Crippen molar-refractivity contribution in [1.82, 2.24) is 15.1 Å². The fourth-order valence-electron chi connectivity index (χ4n) is 1.87. The van der Waals surface area contributed by atoms with Gasteiger partial charge in [0.05, 0.1) is 17.8 Å². The molecule has 0 spiro atoms. The molecule has 0 saturated carbocycles. The van der Waals surface area contributed by atoms with Gasteiger partial charge in [0.1, 0.15) is 0 Å². The Balaban J connectivity index is 2.86. The van der Waals surface area contributed by atoms with Crippen molar-refractivity contribution >= 4 is 11.9 Å². The normalized spacial score (nSPS) is 13.8. The maximum Gasteiger partial charge on any atom is 0.337 e. The Labute approximate surface area is 117 Å². The van der Waals surface area contributed by atoms with E-state index in [9.17, 15) is 14.7 Å².